The first kappa shape index (κ1) is 18.4. The Labute approximate surface area is 178 Å². The molecule has 1 heteroatoms. The molecule has 146 valence electrons. The maximum absolute atomic E-state index is 4.28. The fourth-order valence-corrected chi connectivity index (χ4v) is 4.31. The van der Waals surface area contributed by atoms with Crippen LogP contribution in [0.25, 0.3) is 28.0 Å². The first-order chi connectivity index (χ1) is 14.6. The predicted molar refractivity (Wildman–Crippen MR) is 128 cm³/mol. The lowest BCUT2D eigenvalue weighted by molar-refractivity contribution is -0.418. The van der Waals surface area contributed by atoms with Crippen molar-refractivity contribution in [1.82, 2.24) is 0 Å². The summed E-state index contributed by atoms with van der Waals surface area (Å²) in [6.07, 6.45) is 4.26. The summed E-state index contributed by atoms with van der Waals surface area (Å²) in [6, 6.07) is 31.7. The maximum atomic E-state index is 4.28. The average Bonchev–Trinajstić information content (AvgIpc) is 2.79. The molecule has 0 fully saturated rings. The van der Waals surface area contributed by atoms with Gasteiger partial charge in [0.15, 0.2) is 6.04 Å². The summed E-state index contributed by atoms with van der Waals surface area (Å²) in [5.74, 6) is 0.527. The number of rotatable bonds is 3. The Hall–Kier alpha value is -3.58. The summed E-state index contributed by atoms with van der Waals surface area (Å²) in [5.41, 5.74) is 7.48. The normalized spacial score (nSPS) is 13.2. The molecule has 5 rings (SSSR count). The molecule has 0 spiro atoms. The van der Waals surface area contributed by atoms with Crippen LogP contribution in [0.3, 0.4) is 0 Å². The highest BCUT2D eigenvalue weighted by Crippen LogP contribution is 2.37. The molecule has 1 nitrogen and oxygen atoms in total. The summed E-state index contributed by atoms with van der Waals surface area (Å²) in [5, 5.41) is 2.58. The van der Waals surface area contributed by atoms with Crippen LogP contribution in [0.4, 0.5) is 0 Å². The fraction of sp³-hybridized carbons (Fsp3) is 0.103. The van der Waals surface area contributed by atoms with Gasteiger partial charge in [0.05, 0.1) is 6.72 Å². The first-order valence-corrected chi connectivity index (χ1v) is 10.5. The third kappa shape index (κ3) is 3.13. The largest absolute Gasteiger partial charge is 0.243 e. The summed E-state index contributed by atoms with van der Waals surface area (Å²) in [6.45, 7) is 8.77. The SMILES string of the molecule is C=[N+]1C=Cc2c(ccc3cc(C(C)C)ccc23)[C-]1c1cccc(-c2ccccc2)c1. The van der Waals surface area contributed by atoms with Crippen molar-refractivity contribution in [1.29, 1.82) is 0 Å². The van der Waals surface area contributed by atoms with Crippen molar-refractivity contribution in [2.24, 2.45) is 0 Å². The third-order valence-corrected chi connectivity index (χ3v) is 5.96. The van der Waals surface area contributed by atoms with Gasteiger partial charge in [0.1, 0.15) is 6.20 Å². The highest BCUT2D eigenvalue weighted by Gasteiger charge is 2.25. The Kier molecular flexibility index (Phi) is 4.52. The van der Waals surface area contributed by atoms with Gasteiger partial charge in [-0.1, -0.05) is 98.8 Å². The zero-order valence-electron chi connectivity index (χ0n) is 17.5. The highest BCUT2D eigenvalue weighted by atomic mass is 15.0. The van der Waals surface area contributed by atoms with Crippen molar-refractivity contribution >= 4 is 23.6 Å². The molecule has 0 N–H and O–H groups in total. The zero-order valence-corrected chi connectivity index (χ0v) is 17.5. The van der Waals surface area contributed by atoms with Crippen molar-refractivity contribution in [2.45, 2.75) is 19.8 Å². The molecule has 1 aliphatic heterocycles. The van der Waals surface area contributed by atoms with E-state index in [9.17, 15) is 0 Å². The van der Waals surface area contributed by atoms with Crippen molar-refractivity contribution in [2.75, 3.05) is 0 Å². The van der Waals surface area contributed by atoms with E-state index < -0.39 is 0 Å². The van der Waals surface area contributed by atoms with E-state index in [1.807, 2.05) is 4.58 Å². The molecule has 4 aromatic carbocycles. The molecule has 1 heterocycles. The first-order valence-electron chi connectivity index (χ1n) is 10.5. The van der Waals surface area contributed by atoms with Crippen LogP contribution in [0.5, 0.6) is 0 Å². The number of nitrogens with zero attached hydrogens (tertiary/aromatic N) is 1. The molecule has 0 amide bonds. The Balaban J connectivity index is 1.64. The van der Waals surface area contributed by atoms with Gasteiger partial charge in [-0.05, 0) is 56.1 Å². The summed E-state index contributed by atoms with van der Waals surface area (Å²) >= 11 is 0. The smallest absolute Gasteiger partial charge is 0.159 e. The van der Waals surface area contributed by atoms with Gasteiger partial charge in [-0.25, -0.2) is 4.58 Å². The van der Waals surface area contributed by atoms with Crippen LogP contribution in [-0.2, 0) is 0 Å². The Morgan fingerprint density at radius 3 is 2.40 bits per heavy atom. The van der Waals surface area contributed by atoms with Gasteiger partial charge in [0, 0.05) is 0 Å². The van der Waals surface area contributed by atoms with Crippen molar-refractivity contribution in [3.05, 3.63) is 119 Å². The molecule has 0 bridgehead atoms. The standard InChI is InChI=1S/C29H25N/c1-20(2)22-12-14-26-24(18-22)13-15-28-27(26)16-17-30(3)29(28)25-11-7-10-23(19-25)21-8-5-4-6-9-21/h4-20H,3H2,1-2H3. The van der Waals surface area contributed by atoms with E-state index in [4.69, 9.17) is 0 Å². The third-order valence-electron chi connectivity index (χ3n) is 5.96. The van der Waals surface area contributed by atoms with Crippen LogP contribution < -0.4 is 0 Å². The fourth-order valence-electron chi connectivity index (χ4n) is 4.31. The Morgan fingerprint density at radius 1 is 0.800 bits per heavy atom. The minimum atomic E-state index is 0.527. The summed E-state index contributed by atoms with van der Waals surface area (Å²) in [7, 11) is 0. The van der Waals surface area contributed by atoms with Crippen LogP contribution in [0.1, 0.15) is 42.0 Å². The molecule has 0 unspecified atom stereocenters. The quantitative estimate of drug-likeness (QED) is 0.257. The second-order valence-corrected chi connectivity index (χ2v) is 8.24. The van der Waals surface area contributed by atoms with E-state index in [2.05, 4.69) is 118 Å². The zero-order chi connectivity index (χ0) is 20.7. The number of hydrogen-bond donors (Lipinski definition) is 0. The number of hydrogen-bond acceptors (Lipinski definition) is 0. The van der Waals surface area contributed by atoms with Crippen LogP contribution in [0, 0.1) is 6.04 Å². The molecule has 4 aromatic rings. The lowest BCUT2D eigenvalue weighted by Gasteiger charge is -2.26. The van der Waals surface area contributed by atoms with E-state index in [1.165, 1.54) is 44.2 Å². The topological polar surface area (TPSA) is 3.01 Å². The van der Waals surface area contributed by atoms with Gasteiger partial charge >= 0.3 is 0 Å². The van der Waals surface area contributed by atoms with Gasteiger partial charge in [0.2, 0.25) is 0 Å². The van der Waals surface area contributed by atoms with Gasteiger partial charge in [-0.15, -0.1) is 0 Å². The number of fused-ring (bicyclic) bond motifs is 3. The predicted octanol–water partition coefficient (Wildman–Crippen LogP) is 7.26. The molecule has 0 radical (unpaired) electrons. The molecule has 0 saturated heterocycles. The van der Waals surface area contributed by atoms with Crippen molar-refractivity contribution in [3.8, 4) is 11.1 Å². The van der Waals surface area contributed by atoms with Crippen LogP contribution in [0.15, 0.2) is 91.1 Å². The maximum Gasteiger partial charge on any atom is 0.159 e. The van der Waals surface area contributed by atoms with Gasteiger partial charge < -0.3 is 0 Å². The van der Waals surface area contributed by atoms with E-state index in [1.54, 1.807) is 0 Å². The summed E-state index contributed by atoms with van der Waals surface area (Å²) in [4.78, 5) is 0. The van der Waals surface area contributed by atoms with Gasteiger partial charge in [0.25, 0.3) is 0 Å². The molecule has 0 aliphatic carbocycles. The molecule has 1 aliphatic rings. The van der Waals surface area contributed by atoms with E-state index >= 15 is 0 Å². The average molecular weight is 388 g/mol. The van der Waals surface area contributed by atoms with Gasteiger partial charge in [-0.2, -0.15) is 0 Å². The van der Waals surface area contributed by atoms with Crippen LogP contribution in [0.2, 0.25) is 0 Å². The number of benzene rings is 4. The van der Waals surface area contributed by atoms with Crippen LogP contribution in [-0.4, -0.2) is 11.3 Å². The molecule has 30 heavy (non-hydrogen) atoms. The lowest BCUT2D eigenvalue weighted by Crippen LogP contribution is -2.19. The lowest BCUT2D eigenvalue weighted by atomic mass is 9.87. The minimum Gasteiger partial charge on any atom is -0.243 e. The second kappa shape index (κ2) is 7.35. The van der Waals surface area contributed by atoms with Crippen molar-refractivity contribution < 1.29 is 4.58 Å². The minimum absolute atomic E-state index is 0.527. The Morgan fingerprint density at radius 2 is 1.60 bits per heavy atom. The molecule has 0 aromatic heterocycles. The van der Waals surface area contributed by atoms with Gasteiger partial charge in [-0.3, -0.25) is 0 Å². The summed E-state index contributed by atoms with van der Waals surface area (Å²) < 4.78 is 1.99. The van der Waals surface area contributed by atoms with E-state index in [-0.39, 0.29) is 0 Å². The van der Waals surface area contributed by atoms with E-state index in [0.29, 0.717) is 5.92 Å². The molecule has 0 atom stereocenters. The Bertz CT molecular complexity index is 1280. The highest BCUT2D eigenvalue weighted by molar-refractivity contribution is 5.94. The second-order valence-electron chi connectivity index (χ2n) is 8.24. The molecular formula is C29H25N. The molecule has 0 saturated carbocycles. The van der Waals surface area contributed by atoms with Crippen LogP contribution >= 0.6 is 0 Å². The monoisotopic (exact) mass is 387 g/mol. The van der Waals surface area contributed by atoms with E-state index in [0.717, 1.165) is 6.04 Å². The van der Waals surface area contributed by atoms with Crippen molar-refractivity contribution in [3.63, 3.8) is 0 Å². The molecular weight excluding hydrogens is 362 g/mol.